The molecule has 2 aromatic rings. The standard InChI is InChI=1S/C17H23N3O/c1-13-17(14(2)19(3)18-13)16-12-21-10-9-20(16)11-15-7-5-4-6-8-15/h4-8,16H,9-12H2,1-3H3. The molecule has 2 heterocycles. The largest absolute Gasteiger partial charge is 0.378 e. The van der Waals surface area contributed by atoms with E-state index in [0.717, 1.165) is 32.0 Å². The van der Waals surface area contributed by atoms with Crippen LogP contribution in [0.1, 0.15) is 28.6 Å². The molecule has 1 aromatic carbocycles. The summed E-state index contributed by atoms with van der Waals surface area (Å²) in [7, 11) is 2.01. The molecule has 0 spiro atoms. The van der Waals surface area contributed by atoms with Gasteiger partial charge in [0.2, 0.25) is 0 Å². The quantitative estimate of drug-likeness (QED) is 0.868. The molecule has 1 unspecified atom stereocenters. The summed E-state index contributed by atoms with van der Waals surface area (Å²) in [4.78, 5) is 2.51. The minimum absolute atomic E-state index is 0.299. The van der Waals surface area contributed by atoms with Crippen molar-refractivity contribution in [3.63, 3.8) is 0 Å². The monoisotopic (exact) mass is 285 g/mol. The van der Waals surface area contributed by atoms with Crippen LogP contribution in [-0.2, 0) is 18.3 Å². The van der Waals surface area contributed by atoms with Crippen LogP contribution in [0.5, 0.6) is 0 Å². The summed E-state index contributed by atoms with van der Waals surface area (Å²) in [6, 6.07) is 10.9. The van der Waals surface area contributed by atoms with Crippen LogP contribution >= 0.6 is 0 Å². The summed E-state index contributed by atoms with van der Waals surface area (Å²) < 4.78 is 7.72. The molecule has 21 heavy (non-hydrogen) atoms. The van der Waals surface area contributed by atoms with Crippen LogP contribution < -0.4 is 0 Å². The van der Waals surface area contributed by atoms with Gasteiger partial charge in [0.1, 0.15) is 0 Å². The van der Waals surface area contributed by atoms with Crippen LogP contribution in [0.25, 0.3) is 0 Å². The van der Waals surface area contributed by atoms with E-state index in [1.807, 2.05) is 11.7 Å². The Balaban J connectivity index is 1.88. The number of morpholine rings is 1. The van der Waals surface area contributed by atoms with Crippen molar-refractivity contribution in [3.8, 4) is 0 Å². The first-order chi connectivity index (χ1) is 10.2. The Hall–Kier alpha value is -1.65. The van der Waals surface area contributed by atoms with Crippen molar-refractivity contribution >= 4 is 0 Å². The first kappa shape index (κ1) is 14.3. The smallest absolute Gasteiger partial charge is 0.0665 e. The van der Waals surface area contributed by atoms with E-state index in [-0.39, 0.29) is 0 Å². The molecule has 0 saturated carbocycles. The molecule has 0 amide bonds. The van der Waals surface area contributed by atoms with Gasteiger partial charge in [-0.15, -0.1) is 0 Å². The van der Waals surface area contributed by atoms with Crippen molar-refractivity contribution in [2.75, 3.05) is 19.8 Å². The molecule has 1 aromatic heterocycles. The number of rotatable bonds is 3. The Bertz CT molecular complexity index is 606. The van der Waals surface area contributed by atoms with Gasteiger partial charge in [0.05, 0.1) is 24.9 Å². The van der Waals surface area contributed by atoms with Crippen molar-refractivity contribution in [3.05, 3.63) is 52.8 Å². The molecule has 1 fully saturated rings. The fourth-order valence-corrected chi connectivity index (χ4v) is 3.18. The summed E-state index contributed by atoms with van der Waals surface area (Å²) in [6.45, 7) is 7.72. The Morgan fingerprint density at radius 1 is 1.24 bits per heavy atom. The first-order valence-corrected chi connectivity index (χ1v) is 7.52. The molecular formula is C17H23N3O. The van der Waals surface area contributed by atoms with Gasteiger partial charge in [0.15, 0.2) is 0 Å². The van der Waals surface area contributed by atoms with E-state index in [0.29, 0.717) is 6.04 Å². The average Bonchev–Trinajstić information content (AvgIpc) is 2.74. The number of aryl methyl sites for hydroxylation is 2. The van der Waals surface area contributed by atoms with Gasteiger partial charge in [-0.1, -0.05) is 30.3 Å². The summed E-state index contributed by atoms with van der Waals surface area (Å²) in [5.41, 5.74) is 5.03. The zero-order chi connectivity index (χ0) is 14.8. The van der Waals surface area contributed by atoms with Crippen molar-refractivity contribution in [1.82, 2.24) is 14.7 Å². The van der Waals surface area contributed by atoms with Gasteiger partial charge in [-0.05, 0) is 19.4 Å². The van der Waals surface area contributed by atoms with Crippen LogP contribution in [0.4, 0.5) is 0 Å². The molecule has 112 valence electrons. The predicted octanol–water partition coefficient (Wildman–Crippen LogP) is 2.61. The fourth-order valence-electron chi connectivity index (χ4n) is 3.18. The summed E-state index contributed by atoms with van der Waals surface area (Å²) in [6.07, 6.45) is 0. The summed E-state index contributed by atoms with van der Waals surface area (Å²) in [5.74, 6) is 0. The Labute approximate surface area is 126 Å². The number of aromatic nitrogens is 2. The second kappa shape index (κ2) is 6.00. The third-order valence-corrected chi connectivity index (χ3v) is 4.37. The van der Waals surface area contributed by atoms with E-state index in [9.17, 15) is 0 Å². The molecule has 0 aliphatic carbocycles. The molecule has 0 radical (unpaired) electrons. The highest BCUT2D eigenvalue weighted by Gasteiger charge is 2.29. The van der Waals surface area contributed by atoms with Crippen molar-refractivity contribution in [1.29, 1.82) is 0 Å². The molecule has 1 atom stereocenters. The van der Waals surface area contributed by atoms with Gasteiger partial charge < -0.3 is 4.74 Å². The van der Waals surface area contributed by atoms with Crippen LogP contribution in [0.2, 0.25) is 0 Å². The number of benzene rings is 1. The molecular weight excluding hydrogens is 262 g/mol. The second-order valence-corrected chi connectivity index (χ2v) is 5.75. The second-order valence-electron chi connectivity index (χ2n) is 5.75. The molecule has 4 nitrogen and oxygen atoms in total. The van der Waals surface area contributed by atoms with Crippen molar-refractivity contribution in [2.24, 2.45) is 7.05 Å². The molecule has 0 bridgehead atoms. The lowest BCUT2D eigenvalue weighted by molar-refractivity contribution is -0.0132. The summed E-state index contributed by atoms with van der Waals surface area (Å²) >= 11 is 0. The summed E-state index contributed by atoms with van der Waals surface area (Å²) in [5, 5.41) is 4.56. The zero-order valence-corrected chi connectivity index (χ0v) is 13.0. The molecule has 3 rings (SSSR count). The minimum atomic E-state index is 0.299. The maximum atomic E-state index is 5.75. The molecule has 4 heteroatoms. The molecule has 0 N–H and O–H groups in total. The molecule has 1 saturated heterocycles. The lowest BCUT2D eigenvalue weighted by Crippen LogP contribution is -2.39. The van der Waals surface area contributed by atoms with E-state index in [4.69, 9.17) is 4.74 Å². The van der Waals surface area contributed by atoms with Crippen LogP contribution in [0, 0.1) is 13.8 Å². The third-order valence-electron chi connectivity index (χ3n) is 4.37. The van der Waals surface area contributed by atoms with E-state index in [2.05, 4.69) is 54.2 Å². The van der Waals surface area contributed by atoms with Gasteiger partial charge in [-0.3, -0.25) is 9.58 Å². The van der Waals surface area contributed by atoms with E-state index in [1.165, 1.54) is 16.8 Å². The maximum Gasteiger partial charge on any atom is 0.0665 e. The highest BCUT2D eigenvalue weighted by molar-refractivity contribution is 5.29. The van der Waals surface area contributed by atoms with Crippen molar-refractivity contribution in [2.45, 2.75) is 26.4 Å². The lowest BCUT2D eigenvalue weighted by atomic mass is 10.0. The molecule has 1 aliphatic heterocycles. The number of hydrogen-bond donors (Lipinski definition) is 0. The number of ether oxygens (including phenoxy) is 1. The highest BCUT2D eigenvalue weighted by atomic mass is 16.5. The van der Waals surface area contributed by atoms with E-state index < -0.39 is 0 Å². The maximum absolute atomic E-state index is 5.75. The van der Waals surface area contributed by atoms with E-state index in [1.54, 1.807) is 0 Å². The van der Waals surface area contributed by atoms with Crippen LogP contribution in [0.15, 0.2) is 30.3 Å². The van der Waals surface area contributed by atoms with Crippen molar-refractivity contribution < 1.29 is 4.74 Å². The normalized spacial score (nSPS) is 19.9. The Morgan fingerprint density at radius 2 is 2.00 bits per heavy atom. The topological polar surface area (TPSA) is 30.3 Å². The van der Waals surface area contributed by atoms with Crippen LogP contribution in [0.3, 0.4) is 0 Å². The lowest BCUT2D eigenvalue weighted by Gasteiger charge is -2.36. The average molecular weight is 285 g/mol. The predicted molar refractivity (Wildman–Crippen MR) is 83.1 cm³/mol. The van der Waals surface area contributed by atoms with Crippen LogP contribution in [-0.4, -0.2) is 34.4 Å². The number of hydrogen-bond acceptors (Lipinski definition) is 3. The minimum Gasteiger partial charge on any atom is -0.378 e. The molecule has 1 aliphatic rings. The van der Waals surface area contributed by atoms with Gasteiger partial charge in [0.25, 0.3) is 0 Å². The first-order valence-electron chi connectivity index (χ1n) is 7.52. The SMILES string of the molecule is Cc1nn(C)c(C)c1C1COCCN1Cc1ccccc1. The zero-order valence-electron chi connectivity index (χ0n) is 13.0. The van der Waals surface area contributed by atoms with Gasteiger partial charge in [0, 0.05) is 31.4 Å². The highest BCUT2D eigenvalue weighted by Crippen LogP contribution is 2.30. The van der Waals surface area contributed by atoms with Gasteiger partial charge in [-0.25, -0.2) is 0 Å². The van der Waals surface area contributed by atoms with E-state index >= 15 is 0 Å². The Morgan fingerprint density at radius 3 is 2.67 bits per heavy atom. The number of nitrogens with zero attached hydrogens (tertiary/aromatic N) is 3. The van der Waals surface area contributed by atoms with Gasteiger partial charge >= 0.3 is 0 Å². The fraction of sp³-hybridized carbons (Fsp3) is 0.471. The third kappa shape index (κ3) is 2.87. The Kier molecular flexibility index (Phi) is 4.08. The van der Waals surface area contributed by atoms with Gasteiger partial charge in [-0.2, -0.15) is 5.10 Å².